The molecule has 0 radical (unpaired) electrons. The van der Waals surface area contributed by atoms with Gasteiger partial charge < -0.3 is 15.1 Å². The third-order valence-corrected chi connectivity index (χ3v) is 8.93. The Bertz CT molecular complexity index is 1420. The molecule has 1 fully saturated rings. The molecule has 1 aliphatic heterocycles. The number of aliphatic carboxylic acids is 2. The lowest BCUT2D eigenvalue weighted by Gasteiger charge is -2.30. The molecule has 238 valence electrons. The minimum atomic E-state index is -1.26. The molecule has 1 saturated heterocycles. The van der Waals surface area contributed by atoms with E-state index in [4.69, 9.17) is 10.2 Å². The van der Waals surface area contributed by atoms with E-state index >= 15 is 0 Å². The summed E-state index contributed by atoms with van der Waals surface area (Å²) in [5.74, 6) is -2.51. The number of fused-ring (bicyclic) bond motifs is 2. The number of aryl methyl sites for hydroxylation is 3. The fourth-order valence-electron chi connectivity index (χ4n) is 6.39. The summed E-state index contributed by atoms with van der Waals surface area (Å²) in [6.45, 7) is 10.6. The Balaban J connectivity index is 0.000000510. The maximum Gasteiger partial charge on any atom is 0.328 e. The number of nitrogens with zero attached hydrogens (tertiary/aromatic N) is 1. The van der Waals surface area contributed by atoms with E-state index in [0.717, 1.165) is 12.8 Å². The van der Waals surface area contributed by atoms with E-state index in [2.05, 4.69) is 98.5 Å². The molecular weight excluding hydrogens is 558 g/mol. The molecule has 3 aromatic rings. The first-order valence-electron chi connectivity index (χ1n) is 16.5. The molecule has 0 unspecified atom stereocenters. The molecule has 5 nitrogen and oxygen atoms in total. The second kappa shape index (κ2) is 16.4. The first-order valence-corrected chi connectivity index (χ1v) is 16.5. The second-order valence-corrected chi connectivity index (χ2v) is 13.3. The summed E-state index contributed by atoms with van der Waals surface area (Å²) in [6.07, 6.45) is 12.4. The standard InChI is InChI=1S/C36H45N.C4H4O4/c1-36(2,3)32-21-17-28(18-22-32)12-6-4-5-11-25-37-26-23-31(24-27-37)35-33-15-9-7-13-29(33)19-20-30-14-8-10-16-34(30)35;5-3(6)1-2-4(7)8/h7-10,13-18,21-22H,4-6,11-12,19-20,23-27H2,1-3H3;1-2H,(H,5,6)(H,7,8). The van der Waals surface area contributed by atoms with Gasteiger partial charge in [-0.3, -0.25) is 0 Å². The number of unbranched alkanes of at least 4 members (excludes halogenated alkanes) is 3. The minimum Gasteiger partial charge on any atom is -0.478 e. The van der Waals surface area contributed by atoms with E-state index in [1.807, 2.05) is 0 Å². The molecule has 3 aromatic carbocycles. The summed E-state index contributed by atoms with van der Waals surface area (Å²) < 4.78 is 0. The van der Waals surface area contributed by atoms with Gasteiger partial charge in [-0.2, -0.15) is 0 Å². The number of carbonyl (C=O) groups is 2. The van der Waals surface area contributed by atoms with E-state index in [1.54, 1.807) is 11.1 Å². The topological polar surface area (TPSA) is 77.8 Å². The lowest BCUT2D eigenvalue weighted by molar-refractivity contribution is -0.134. The minimum absolute atomic E-state index is 0.245. The van der Waals surface area contributed by atoms with E-state index in [9.17, 15) is 9.59 Å². The van der Waals surface area contributed by atoms with Crippen molar-refractivity contribution in [2.24, 2.45) is 0 Å². The van der Waals surface area contributed by atoms with Crippen molar-refractivity contribution in [1.29, 1.82) is 0 Å². The number of hydrogen-bond acceptors (Lipinski definition) is 3. The summed E-state index contributed by atoms with van der Waals surface area (Å²) in [5, 5.41) is 15.6. The molecule has 0 saturated carbocycles. The Labute approximate surface area is 269 Å². The van der Waals surface area contributed by atoms with Gasteiger partial charge in [-0.1, -0.05) is 112 Å². The molecule has 0 amide bonds. The third-order valence-electron chi connectivity index (χ3n) is 8.93. The van der Waals surface area contributed by atoms with E-state index in [1.165, 1.54) is 98.0 Å². The van der Waals surface area contributed by atoms with Gasteiger partial charge >= 0.3 is 11.9 Å². The summed E-state index contributed by atoms with van der Waals surface area (Å²) in [5.41, 5.74) is 12.4. The van der Waals surface area contributed by atoms with Gasteiger partial charge in [0, 0.05) is 25.2 Å². The molecule has 1 aliphatic carbocycles. The molecule has 0 aromatic heterocycles. The predicted octanol–water partition coefficient (Wildman–Crippen LogP) is 8.50. The van der Waals surface area contributed by atoms with Crippen LogP contribution in [0, 0.1) is 0 Å². The monoisotopic (exact) mass is 607 g/mol. The van der Waals surface area contributed by atoms with Crippen LogP contribution in [0.5, 0.6) is 0 Å². The van der Waals surface area contributed by atoms with Crippen molar-refractivity contribution in [2.75, 3.05) is 19.6 Å². The molecule has 2 N–H and O–H groups in total. The summed E-state index contributed by atoms with van der Waals surface area (Å²) in [7, 11) is 0. The van der Waals surface area contributed by atoms with Gasteiger partial charge in [0.1, 0.15) is 0 Å². The van der Waals surface area contributed by atoms with Gasteiger partial charge in [-0.15, -0.1) is 0 Å². The van der Waals surface area contributed by atoms with Crippen LogP contribution in [0.2, 0.25) is 0 Å². The van der Waals surface area contributed by atoms with Gasteiger partial charge in [0.05, 0.1) is 0 Å². The molecule has 0 spiro atoms. The summed E-state index contributed by atoms with van der Waals surface area (Å²) in [6, 6.07) is 27.6. The molecule has 5 rings (SSSR count). The SMILES string of the molecule is CC(C)(C)c1ccc(CCCCCCN2CCC(=C3c4ccccc4CCc4ccccc43)CC2)cc1.O=C(O)C=CC(=O)O. The Morgan fingerprint density at radius 1 is 0.689 bits per heavy atom. The normalized spacial score (nSPS) is 15.1. The van der Waals surface area contributed by atoms with Crippen LogP contribution in [-0.2, 0) is 34.3 Å². The average Bonchev–Trinajstić information content (AvgIpc) is 3.19. The number of piperidine rings is 1. The second-order valence-electron chi connectivity index (χ2n) is 13.3. The van der Waals surface area contributed by atoms with Gasteiger partial charge in [0.15, 0.2) is 0 Å². The quantitative estimate of drug-likeness (QED) is 0.188. The van der Waals surface area contributed by atoms with Crippen molar-refractivity contribution in [1.82, 2.24) is 4.90 Å². The highest BCUT2D eigenvalue weighted by molar-refractivity contribution is 5.89. The van der Waals surface area contributed by atoms with Crippen molar-refractivity contribution < 1.29 is 19.8 Å². The van der Waals surface area contributed by atoms with Crippen LogP contribution in [0.1, 0.15) is 92.7 Å². The first-order chi connectivity index (χ1) is 21.6. The molecular formula is C40H49NO4. The zero-order valence-corrected chi connectivity index (χ0v) is 27.2. The number of rotatable bonds is 9. The summed E-state index contributed by atoms with van der Waals surface area (Å²) >= 11 is 0. The molecule has 0 atom stereocenters. The molecule has 5 heteroatoms. The Hall–Kier alpha value is -3.96. The highest BCUT2D eigenvalue weighted by Gasteiger charge is 2.23. The fraction of sp³-hybridized carbons (Fsp3) is 0.400. The number of likely N-dealkylation sites (tertiary alicyclic amines) is 1. The smallest absolute Gasteiger partial charge is 0.328 e. The van der Waals surface area contributed by atoms with Crippen LogP contribution in [0.3, 0.4) is 0 Å². The largest absolute Gasteiger partial charge is 0.478 e. The third kappa shape index (κ3) is 10.3. The molecule has 1 heterocycles. The summed E-state index contributed by atoms with van der Waals surface area (Å²) in [4.78, 5) is 21.8. The van der Waals surface area contributed by atoms with Crippen LogP contribution in [-0.4, -0.2) is 46.7 Å². The van der Waals surface area contributed by atoms with E-state index in [0.29, 0.717) is 12.2 Å². The zero-order chi connectivity index (χ0) is 32.2. The van der Waals surface area contributed by atoms with Gasteiger partial charge in [-0.05, 0) is 95.9 Å². The van der Waals surface area contributed by atoms with Crippen LogP contribution in [0.25, 0.3) is 5.57 Å². The molecule has 45 heavy (non-hydrogen) atoms. The Morgan fingerprint density at radius 3 is 1.71 bits per heavy atom. The van der Waals surface area contributed by atoms with Crippen LogP contribution in [0.15, 0.2) is 90.5 Å². The molecule has 0 bridgehead atoms. The number of carboxylic acids is 2. The highest BCUT2D eigenvalue weighted by Crippen LogP contribution is 2.38. The predicted molar refractivity (Wildman–Crippen MR) is 184 cm³/mol. The Kier molecular flexibility index (Phi) is 12.3. The van der Waals surface area contributed by atoms with Crippen LogP contribution < -0.4 is 0 Å². The van der Waals surface area contributed by atoms with Crippen LogP contribution in [0.4, 0.5) is 0 Å². The van der Waals surface area contributed by atoms with Gasteiger partial charge in [-0.25, -0.2) is 9.59 Å². The van der Waals surface area contributed by atoms with Crippen molar-refractivity contribution in [2.45, 2.75) is 84.0 Å². The maximum atomic E-state index is 9.55. The lowest BCUT2D eigenvalue weighted by atomic mass is 9.86. The highest BCUT2D eigenvalue weighted by atomic mass is 16.4. The van der Waals surface area contributed by atoms with Crippen molar-refractivity contribution in [3.8, 4) is 0 Å². The average molecular weight is 608 g/mol. The maximum absolute atomic E-state index is 9.55. The van der Waals surface area contributed by atoms with Crippen molar-refractivity contribution >= 4 is 17.5 Å². The van der Waals surface area contributed by atoms with Crippen molar-refractivity contribution in [3.63, 3.8) is 0 Å². The van der Waals surface area contributed by atoms with Crippen LogP contribution >= 0.6 is 0 Å². The fourth-order valence-corrected chi connectivity index (χ4v) is 6.39. The number of benzene rings is 3. The first kappa shape index (κ1) is 33.9. The zero-order valence-electron chi connectivity index (χ0n) is 27.2. The number of hydrogen-bond donors (Lipinski definition) is 2. The van der Waals surface area contributed by atoms with Crippen molar-refractivity contribution in [3.05, 3.63) is 124 Å². The van der Waals surface area contributed by atoms with Gasteiger partial charge in [0.25, 0.3) is 0 Å². The van der Waals surface area contributed by atoms with E-state index in [-0.39, 0.29) is 5.41 Å². The lowest BCUT2D eigenvalue weighted by Crippen LogP contribution is -2.32. The Morgan fingerprint density at radius 2 is 1.20 bits per heavy atom. The van der Waals surface area contributed by atoms with E-state index < -0.39 is 11.9 Å². The van der Waals surface area contributed by atoms with Gasteiger partial charge in [0.2, 0.25) is 0 Å². The number of carboxylic acid groups (broad SMARTS) is 2. The molecule has 2 aliphatic rings.